The van der Waals surface area contributed by atoms with E-state index in [-0.39, 0.29) is 0 Å². The van der Waals surface area contributed by atoms with Crippen LogP contribution in [0, 0.1) is 0 Å². The number of rotatable bonds is 5. The van der Waals surface area contributed by atoms with Crippen molar-refractivity contribution in [2.45, 2.75) is 5.03 Å². The number of anilines is 2. The number of hydrogen-bond acceptors (Lipinski definition) is 5. The van der Waals surface area contributed by atoms with Crippen molar-refractivity contribution >= 4 is 27.4 Å². The molecule has 0 amide bonds. The van der Waals surface area contributed by atoms with Gasteiger partial charge in [0.1, 0.15) is 5.56 Å². The number of aromatic nitrogens is 2. The molecule has 0 aliphatic carbocycles. The molecule has 0 unspecified atom stereocenters. The van der Waals surface area contributed by atoms with E-state index in [0.717, 1.165) is 11.9 Å². The second-order valence-electron chi connectivity index (χ2n) is 4.46. The molecule has 0 fully saturated rings. The van der Waals surface area contributed by atoms with Gasteiger partial charge in [-0.2, -0.15) is 13.5 Å². The Hall–Kier alpha value is -2.55. The number of aromatic amines is 1. The largest absolute Gasteiger partial charge is 0.478 e. The molecule has 0 aliphatic heterocycles. The fourth-order valence-corrected chi connectivity index (χ4v) is 2.82. The van der Waals surface area contributed by atoms with Crippen LogP contribution < -0.4 is 9.62 Å². The number of H-pyrrole nitrogens is 1. The second-order valence-corrected chi connectivity index (χ2v) is 6.08. The first-order valence-electron chi connectivity index (χ1n) is 5.88. The Labute approximate surface area is 121 Å². The van der Waals surface area contributed by atoms with Gasteiger partial charge in [-0.1, -0.05) is 0 Å². The number of nitrogens with one attached hydrogen (secondary N) is 2. The highest BCUT2D eigenvalue weighted by Gasteiger charge is 2.24. The molecule has 2 aromatic rings. The summed E-state index contributed by atoms with van der Waals surface area (Å²) < 4.78 is 26.6. The summed E-state index contributed by atoms with van der Waals surface area (Å²) in [5.41, 5.74) is 0.824. The van der Waals surface area contributed by atoms with Crippen molar-refractivity contribution in [3.05, 3.63) is 36.0 Å². The molecule has 21 heavy (non-hydrogen) atoms. The Morgan fingerprint density at radius 1 is 1.29 bits per heavy atom. The van der Waals surface area contributed by atoms with Crippen molar-refractivity contribution in [1.82, 2.24) is 10.2 Å². The normalized spacial score (nSPS) is 11.1. The molecule has 1 aromatic carbocycles. The highest BCUT2D eigenvalue weighted by Crippen LogP contribution is 2.20. The fraction of sp³-hybridized carbons (Fsp3) is 0.167. The second kappa shape index (κ2) is 5.44. The third kappa shape index (κ3) is 3.14. The highest BCUT2D eigenvalue weighted by atomic mass is 32.2. The summed E-state index contributed by atoms with van der Waals surface area (Å²) in [6.07, 6.45) is 0.950. The molecule has 0 radical (unpaired) electrons. The minimum atomic E-state index is -4.04. The summed E-state index contributed by atoms with van der Waals surface area (Å²) in [5, 5.41) is 14.1. The molecule has 0 spiro atoms. The molecule has 1 aromatic heterocycles. The third-order valence-corrected chi connectivity index (χ3v) is 4.09. The monoisotopic (exact) mass is 310 g/mol. The van der Waals surface area contributed by atoms with E-state index >= 15 is 0 Å². The van der Waals surface area contributed by atoms with Crippen molar-refractivity contribution in [3.8, 4) is 0 Å². The molecular weight excluding hydrogens is 296 g/mol. The van der Waals surface area contributed by atoms with E-state index in [4.69, 9.17) is 5.11 Å². The van der Waals surface area contributed by atoms with Crippen LogP contribution in [0.25, 0.3) is 0 Å². The number of sulfonamides is 1. The van der Waals surface area contributed by atoms with Gasteiger partial charge in [0.2, 0.25) is 0 Å². The molecular formula is C12H14N4O4S. The molecule has 9 heteroatoms. The summed E-state index contributed by atoms with van der Waals surface area (Å²) in [6.45, 7) is 0. The maximum absolute atomic E-state index is 12.2. The Bertz CT molecular complexity index is 750. The van der Waals surface area contributed by atoms with E-state index in [1.807, 2.05) is 19.0 Å². The summed E-state index contributed by atoms with van der Waals surface area (Å²) >= 11 is 0. The highest BCUT2D eigenvalue weighted by molar-refractivity contribution is 7.92. The first kappa shape index (κ1) is 14.9. The van der Waals surface area contributed by atoms with Gasteiger partial charge in [0.05, 0.1) is 6.20 Å². The van der Waals surface area contributed by atoms with E-state index in [1.165, 1.54) is 0 Å². The minimum Gasteiger partial charge on any atom is -0.478 e. The molecule has 0 saturated carbocycles. The van der Waals surface area contributed by atoms with E-state index in [9.17, 15) is 13.2 Å². The SMILES string of the molecule is CN(C)c1ccc(NS(=O)(=O)c2[nH]ncc2C(=O)O)cc1. The first-order valence-corrected chi connectivity index (χ1v) is 7.36. The number of carboxylic acids is 1. The quantitative estimate of drug-likeness (QED) is 0.758. The summed E-state index contributed by atoms with van der Waals surface area (Å²) in [4.78, 5) is 12.8. The molecule has 0 atom stereocenters. The number of carbonyl (C=O) groups is 1. The van der Waals surface area contributed by atoms with Gasteiger partial charge in [-0.25, -0.2) is 4.79 Å². The maximum atomic E-state index is 12.2. The van der Waals surface area contributed by atoms with Gasteiger partial charge < -0.3 is 10.0 Å². The van der Waals surface area contributed by atoms with Gasteiger partial charge in [-0.05, 0) is 24.3 Å². The van der Waals surface area contributed by atoms with Crippen molar-refractivity contribution in [3.63, 3.8) is 0 Å². The molecule has 0 bridgehead atoms. The van der Waals surface area contributed by atoms with Crippen LogP contribution in [0.5, 0.6) is 0 Å². The number of carboxylic acid groups (broad SMARTS) is 1. The zero-order valence-electron chi connectivity index (χ0n) is 11.4. The van der Waals surface area contributed by atoms with Gasteiger partial charge >= 0.3 is 5.97 Å². The number of hydrogen-bond donors (Lipinski definition) is 3. The molecule has 8 nitrogen and oxygen atoms in total. The summed E-state index contributed by atoms with van der Waals surface area (Å²) in [5.74, 6) is -1.37. The average Bonchev–Trinajstić information content (AvgIpc) is 2.89. The van der Waals surface area contributed by atoms with Gasteiger partial charge in [-0.15, -0.1) is 0 Å². The van der Waals surface area contributed by atoms with Crippen molar-refractivity contribution in [2.75, 3.05) is 23.7 Å². The Morgan fingerprint density at radius 2 is 1.90 bits per heavy atom. The van der Waals surface area contributed by atoms with Crippen molar-refractivity contribution < 1.29 is 18.3 Å². The predicted octanol–water partition coefficient (Wildman–Crippen LogP) is 0.975. The number of nitrogens with zero attached hydrogens (tertiary/aromatic N) is 2. The molecule has 2 rings (SSSR count). The van der Waals surface area contributed by atoms with Gasteiger partial charge in [0.15, 0.2) is 5.03 Å². The standard InChI is InChI=1S/C12H14N4O4S/c1-16(2)9-5-3-8(4-6-9)15-21(19,20)11-10(12(17)18)7-13-14-11/h3-7,15H,1-2H3,(H,13,14)(H,17,18). The van der Waals surface area contributed by atoms with Crippen LogP contribution in [0.4, 0.5) is 11.4 Å². The maximum Gasteiger partial charge on any atom is 0.340 e. The average molecular weight is 310 g/mol. The number of aromatic carboxylic acids is 1. The lowest BCUT2D eigenvalue weighted by molar-refractivity contribution is 0.0692. The molecule has 112 valence electrons. The van der Waals surface area contributed by atoms with E-state index < -0.39 is 26.6 Å². The van der Waals surface area contributed by atoms with Crippen LogP contribution in [-0.2, 0) is 10.0 Å². The van der Waals surface area contributed by atoms with Gasteiger partial charge in [-0.3, -0.25) is 9.82 Å². The van der Waals surface area contributed by atoms with Crippen LogP contribution >= 0.6 is 0 Å². The smallest absolute Gasteiger partial charge is 0.340 e. The number of benzene rings is 1. The van der Waals surface area contributed by atoms with Crippen molar-refractivity contribution in [1.29, 1.82) is 0 Å². The Balaban J connectivity index is 2.29. The molecule has 0 aliphatic rings. The van der Waals surface area contributed by atoms with Crippen LogP contribution in [0.3, 0.4) is 0 Å². The Morgan fingerprint density at radius 3 is 2.43 bits per heavy atom. The summed E-state index contributed by atoms with van der Waals surface area (Å²) in [6, 6.07) is 6.65. The first-order chi connectivity index (χ1) is 9.81. The van der Waals surface area contributed by atoms with Crippen LogP contribution in [0.1, 0.15) is 10.4 Å². The van der Waals surface area contributed by atoms with Crippen LogP contribution in [0.2, 0.25) is 0 Å². The lowest BCUT2D eigenvalue weighted by Gasteiger charge is -2.13. The van der Waals surface area contributed by atoms with E-state index in [1.54, 1.807) is 24.3 Å². The van der Waals surface area contributed by atoms with Crippen molar-refractivity contribution in [2.24, 2.45) is 0 Å². The Kier molecular flexibility index (Phi) is 3.85. The van der Waals surface area contributed by atoms with Gasteiger partial charge in [0.25, 0.3) is 10.0 Å². The van der Waals surface area contributed by atoms with Crippen LogP contribution in [-0.4, -0.2) is 43.8 Å². The predicted molar refractivity (Wildman–Crippen MR) is 77.1 cm³/mol. The lowest BCUT2D eigenvalue weighted by Crippen LogP contribution is -2.17. The van der Waals surface area contributed by atoms with Crippen LogP contribution in [0.15, 0.2) is 35.5 Å². The zero-order valence-corrected chi connectivity index (χ0v) is 12.2. The topological polar surface area (TPSA) is 115 Å². The molecule has 0 saturated heterocycles. The molecule has 1 heterocycles. The third-order valence-electron chi connectivity index (χ3n) is 2.74. The lowest BCUT2D eigenvalue weighted by atomic mass is 10.3. The molecule has 3 N–H and O–H groups in total. The minimum absolute atomic E-state index is 0.325. The van der Waals surface area contributed by atoms with Gasteiger partial charge in [0, 0.05) is 25.5 Å². The fourth-order valence-electron chi connectivity index (χ4n) is 1.67. The summed E-state index contributed by atoms with van der Waals surface area (Å²) in [7, 11) is -0.313. The van der Waals surface area contributed by atoms with E-state index in [0.29, 0.717) is 5.69 Å². The van der Waals surface area contributed by atoms with E-state index in [2.05, 4.69) is 14.9 Å². The zero-order chi connectivity index (χ0) is 15.6.